The number of hydrogen-bond acceptors (Lipinski definition) is 4. The lowest BCUT2D eigenvalue weighted by Gasteiger charge is -2.28. The molecule has 0 atom stereocenters. The van der Waals surface area contributed by atoms with Gasteiger partial charge in [0.05, 0.1) is 12.8 Å². The highest BCUT2D eigenvalue weighted by molar-refractivity contribution is 5.96. The molecule has 0 fully saturated rings. The number of nitrogens with zero attached hydrogens (tertiary/aromatic N) is 4. The second kappa shape index (κ2) is 9.62. The molecule has 2 amide bonds. The summed E-state index contributed by atoms with van der Waals surface area (Å²) in [5.41, 5.74) is -0.767. The molecule has 1 aliphatic heterocycles. The van der Waals surface area contributed by atoms with Crippen LogP contribution < -0.4 is 4.74 Å². The molecule has 3 rings (SSSR count). The van der Waals surface area contributed by atoms with E-state index in [4.69, 9.17) is 4.74 Å². The first kappa shape index (κ1) is 23.6. The number of unbranched alkanes of at least 4 members (excludes halogenated alkanes) is 2. The molecule has 2 aromatic rings. The van der Waals surface area contributed by atoms with E-state index in [9.17, 15) is 22.8 Å². The van der Waals surface area contributed by atoms with Crippen LogP contribution in [0.4, 0.5) is 13.2 Å². The molecule has 174 valence electrons. The number of carbonyl (C=O) groups excluding carboxylic acids is 2. The van der Waals surface area contributed by atoms with Crippen LogP contribution in [0.3, 0.4) is 0 Å². The molecule has 2 heterocycles. The lowest BCUT2D eigenvalue weighted by molar-refractivity contribution is -0.142. The Balaban J connectivity index is 1.78. The summed E-state index contributed by atoms with van der Waals surface area (Å²) < 4.78 is 47.0. The fourth-order valence-electron chi connectivity index (χ4n) is 3.74. The molecule has 0 saturated heterocycles. The van der Waals surface area contributed by atoms with Crippen LogP contribution in [0.25, 0.3) is 5.69 Å². The highest BCUT2D eigenvalue weighted by atomic mass is 19.4. The number of hydrogen-bond donors (Lipinski definition) is 0. The Morgan fingerprint density at radius 1 is 1.16 bits per heavy atom. The van der Waals surface area contributed by atoms with E-state index in [0.717, 1.165) is 11.1 Å². The van der Waals surface area contributed by atoms with Gasteiger partial charge in [-0.05, 0) is 43.5 Å². The van der Waals surface area contributed by atoms with Gasteiger partial charge in [0, 0.05) is 39.2 Å². The Bertz CT molecular complexity index is 968. The maximum absolute atomic E-state index is 13.6. The summed E-state index contributed by atoms with van der Waals surface area (Å²) in [4.78, 5) is 27.9. The zero-order valence-corrected chi connectivity index (χ0v) is 18.4. The van der Waals surface area contributed by atoms with Gasteiger partial charge in [-0.3, -0.25) is 9.59 Å². The number of rotatable bonds is 8. The average Bonchev–Trinajstić information content (AvgIpc) is 3.15. The van der Waals surface area contributed by atoms with E-state index in [1.165, 1.54) is 12.0 Å². The molecule has 0 aliphatic carbocycles. The molecule has 10 heteroatoms. The monoisotopic (exact) mass is 452 g/mol. The molecule has 1 aliphatic rings. The van der Waals surface area contributed by atoms with Crippen LogP contribution in [0.15, 0.2) is 24.3 Å². The Kier molecular flexibility index (Phi) is 7.10. The molecule has 0 bridgehead atoms. The van der Waals surface area contributed by atoms with Crippen molar-refractivity contribution in [3.05, 3.63) is 41.2 Å². The smallest absolute Gasteiger partial charge is 0.435 e. The molecule has 32 heavy (non-hydrogen) atoms. The van der Waals surface area contributed by atoms with Gasteiger partial charge in [0.2, 0.25) is 5.91 Å². The third kappa shape index (κ3) is 5.05. The second-order valence-electron chi connectivity index (χ2n) is 7.92. The number of amides is 2. The molecule has 1 aromatic carbocycles. The highest BCUT2D eigenvalue weighted by Crippen LogP contribution is 2.36. The van der Waals surface area contributed by atoms with Crippen LogP contribution in [0, 0.1) is 0 Å². The van der Waals surface area contributed by atoms with E-state index in [1.54, 1.807) is 43.3 Å². The van der Waals surface area contributed by atoms with E-state index in [1.807, 2.05) is 0 Å². The lowest BCUT2D eigenvalue weighted by Crippen LogP contribution is -2.39. The van der Waals surface area contributed by atoms with Crippen molar-refractivity contribution in [3.8, 4) is 11.4 Å². The standard InChI is InChI=1S/C22H27F3N4O3/c1-27(2)18(30)7-5-4-6-13-28-14-12-17-19(21(28)31)29(26-20(17)22(23,24)25)15-8-10-16(32-3)11-9-15/h8-11H,4-7,12-14H2,1-3H3. The quantitative estimate of drug-likeness (QED) is 0.575. The van der Waals surface area contributed by atoms with Crippen molar-refractivity contribution in [2.75, 3.05) is 34.3 Å². The van der Waals surface area contributed by atoms with E-state index in [0.29, 0.717) is 37.2 Å². The van der Waals surface area contributed by atoms with Gasteiger partial charge in [0.15, 0.2) is 5.69 Å². The van der Waals surface area contributed by atoms with Gasteiger partial charge in [0.1, 0.15) is 11.4 Å². The number of fused-ring (bicyclic) bond motifs is 1. The largest absolute Gasteiger partial charge is 0.497 e. The van der Waals surface area contributed by atoms with Crippen LogP contribution in [0.1, 0.15) is 47.4 Å². The Hall–Kier alpha value is -3.04. The first-order valence-electron chi connectivity index (χ1n) is 10.5. The average molecular weight is 452 g/mol. The third-order valence-electron chi connectivity index (χ3n) is 5.51. The molecule has 0 saturated carbocycles. The van der Waals surface area contributed by atoms with Crippen LogP contribution in [-0.4, -0.2) is 65.7 Å². The van der Waals surface area contributed by atoms with Gasteiger partial charge in [-0.2, -0.15) is 18.3 Å². The predicted molar refractivity (Wildman–Crippen MR) is 112 cm³/mol. The molecule has 7 nitrogen and oxygen atoms in total. The zero-order chi connectivity index (χ0) is 23.5. The number of benzene rings is 1. The Morgan fingerprint density at radius 2 is 1.84 bits per heavy atom. The maximum Gasteiger partial charge on any atom is 0.435 e. The molecule has 1 aromatic heterocycles. The van der Waals surface area contributed by atoms with E-state index in [-0.39, 0.29) is 30.1 Å². The number of carbonyl (C=O) groups is 2. The normalized spacial score (nSPS) is 13.8. The van der Waals surface area contributed by atoms with E-state index in [2.05, 4.69) is 5.10 Å². The number of methoxy groups -OCH3 is 1. The molecule has 0 radical (unpaired) electrons. The van der Waals surface area contributed by atoms with Gasteiger partial charge in [-0.15, -0.1) is 0 Å². The molecule has 0 spiro atoms. The first-order valence-corrected chi connectivity index (χ1v) is 10.5. The molecule has 0 unspecified atom stereocenters. The summed E-state index contributed by atoms with van der Waals surface area (Å²) >= 11 is 0. The van der Waals surface area contributed by atoms with E-state index >= 15 is 0 Å². The van der Waals surface area contributed by atoms with Crippen LogP contribution >= 0.6 is 0 Å². The Morgan fingerprint density at radius 3 is 2.44 bits per heavy atom. The fraction of sp³-hybridized carbons (Fsp3) is 0.500. The van der Waals surface area contributed by atoms with Crippen molar-refractivity contribution < 1.29 is 27.5 Å². The van der Waals surface area contributed by atoms with Crippen molar-refractivity contribution in [2.24, 2.45) is 0 Å². The lowest BCUT2D eigenvalue weighted by atomic mass is 10.0. The molecular formula is C22H27F3N4O3. The van der Waals surface area contributed by atoms with Crippen molar-refractivity contribution in [2.45, 2.75) is 38.3 Å². The zero-order valence-electron chi connectivity index (χ0n) is 18.4. The molecular weight excluding hydrogens is 425 g/mol. The summed E-state index contributed by atoms with van der Waals surface area (Å²) in [6.45, 7) is 0.628. The Labute approximate surface area is 184 Å². The van der Waals surface area contributed by atoms with Gasteiger partial charge in [-0.25, -0.2) is 4.68 Å². The number of alkyl halides is 3. The number of ether oxygens (including phenoxy) is 1. The number of halogens is 3. The summed E-state index contributed by atoms with van der Waals surface area (Å²) in [7, 11) is 4.89. The summed E-state index contributed by atoms with van der Waals surface area (Å²) in [6, 6.07) is 6.36. The van der Waals surface area contributed by atoms with Crippen LogP contribution in [0.2, 0.25) is 0 Å². The van der Waals surface area contributed by atoms with Gasteiger partial charge < -0.3 is 14.5 Å². The van der Waals surface area contributed by atoms with Gasteiger partial charge in [0.25, 0.3) is 5.91 Å². The van der Waals surface area contributed by atoms with Gasteiger partial charge >= 0.3 is 6.18 Å². The predicted octanol–water partition coefficient (Wildman–Crippen LogP) is 3.55. The molecule has 0 N–H and O–H groups in total. The minimum Gasteiger partial charge on any atom is -0.497 e. The van der Waals surface area contributed by atoms with E-state index < -0.39 is 17.8 Å². The fourth-order valence-corrected chi connectivity index (χ4v) is 3.74. The summed E-state index contributed by atoms with van der Waals surface area (Å²) in [6.07, 6.45) is -2.00. The second-order valence-corrected chi connectivity index (χ2v) is 7.92. The summed E-state index contributed by atoms with van der Waals surface area (Å²) in [5.74, 6) is 0.132. The van der Waals surface area contributed by atoms with Crippen molar-refractivity contribution >= 4 is 11.8 Å². The van der Waals surface area contributed by atoms with Crippen LogP contribution in [-0.2, 0) is 17.4 Å². The maximum atomic E-state index is 13.6. The first-order chi connectivity index (χ1) is 15.1. The van der Waals surface area contributed by atoms with Crippen molar-refractivity contribution in [1.82, 2.24) is 19.6 Å². The van der Waals surface area contributed by atoms with Gasteiger partial charge in [-0.1, -0.05) is 6.42 Å². The number of aromatic nitrogens is 2. The SMILES string of the molecule is COc1ccc(-n2nc(C(F)(F)F)c3c2C(=O)N(CCCCCC(=O)N(C)C)CC3)cc1. The minimum atomic E-state index is -4.65. The highest BCUT2D eigenvalue weighted by Gasteiger charge is 2.43. The van der Waals surface area contributed by atoms with Crippen molar-refractivity contribution in [1.29, 1.82) is 0 Å². The third-order valence-corrected chi connectivity index (χ3v) is 5.51. The topological polar surface area (TPSA) is 67.7 Å². The van der Waals surface area contributed by atoms with Crippen molar-refractivity contribution in [3.63, 3.8) is 0 Å². The summed E-state index contributed by atoms with van der Waals surface area (Å²) in [5, 5.41) is 3.78. The van der Waals surface area contributed by atoms with Crippen LogP contribution in [0.5, 0.6) is 5.75 Å². The minimum absolute atomic E-state index is 0.0449.